The van der Waals surface area contributed by atoms with Crippen LogP contribution in [0, 0.1) is 6.92 Å². The number of aliphatic imine (C=N–C) groups is 1. The normalized spacial score (nSPS) is 16.7. The average Bonchev–Trinajstić information content (AvgIpc) is 2.98. The molecule has 1 saturated carbocycles. The van der Waals surface area contributed by atoms with Crippen molar-refractivity contribution in [3.05, 3.63) is 52.8 Å². The van der Waals surface area contributed by atoms with Crippen LogP contribution < -0.4 is 0 Å². The van der Waals surface area contributed by atoms with Crippen molar-refractivity contribution >= 4 is 23.5 Å². The summed E-state index contributed by atoms with van der Waals surface area (Å²) >= 11 is 6.12. The quantitative estimate of drug-likeness (QED) is 0.646. The first-order valence-electron chi connectivity index (χ1n) is 7.70. The van der Waals surface area contributed by atoms with Gasteiger partial charge in [-0.05, 0) is 43.5 Å². The maximum atomic E-state index is 6.12. The molecule has 0 saturated heterocycles. The monoisotopic (exact) mass is 300 g/mol. The van der Waals surface area contributed by atoms with Gasteiger partial charge in [-0.3, -0.25) is 4.99 Å². The summed E-state index contributed by atoms with van der Waals surface area (Å²) in [5, 5.41) is 0.768. The fraction of sp³-hybridized carbons (Fsp3) is 0.389. The van der Waals surface area contributed by atoms with E-state index in [0.717, 1.165) is 21.8 Å². The Morgan fingerprint density at radius 1 is 1.19 bits per heavy atom. The van der Waals surface area contributed by atoms with Crippen molar-refractivity contribution in [2.45, 2.75) is 45.1 Å². The molecule has 1 aromatic heterocycles. The second-order valence-electron chi connectivity index (χ2n) is 5.88. The minimum Gasteiger partial charge on any atom is -0.351 e. The van der Waals surface area contributed by atoms with Crippen molar-refractivity contribution in [1.29, 1.82) is 0 Å². The van der Waals surface area contributed by atoms with Gasteiger partial charge in [-0.25, -0.2) is 0 Å². The predicted octanol–water partition coefficient (Wildman–Crippen LogP) is 5.71. The Bertz CT molecular complexity index is 636. The summed E-state index contributed by atoms with van der Waals surface area (Å²) in [6, 6.07) is 8.71. The molecule has 2 nitrogen and oxygen atoms in total. The SMILES string of the molecule is Cc1ccc(N=Cc2ccn(C3CCCCC3)c2)cc1Cl. The van der Waals surface area contributed by atoms with Gasteiger partial charge < -0.3 is 4.57 Å². The fourth-order valence-corrected chi connectivity index (χ4v) is 3.10. The molecule has 0 N–H and O–H groups in total. The Morgan fingerprint density at radius 2 is 2.00 bits per heavy atom. The lowest BCUT2D eigenvalue weighted by atomic mass is 9.95. The van der Waals surface area contributed by atoms with Crippen LogP contribution in [0.15, 0.2) is 41.7 Å². The van der Waals surface area contributed by atoms with Crippen LogP contribution in [-0.2, 0) is 0 Å². The summed E-state index contributed by atoms with van der Waals surface area (Å²) in [7, 11) is 0. The second kappa shape index (κ2) is 6.48. The van der Waals surface area contributed by atoms with Gasteiger partial charge in [0.1, 0.15) is 0 Å². The molecule has 0 radical (unpaired) electrons. The predicted molar refractivity (Wildman–Crippen MR) is 90.0 cm³/mol. The number of nitrogens with zero attached hydrogens (tertiary/aromatic N) is 2. The molecule has 0 unspecified atom stereocenters. The number of aromatic nitrogens is 1. The molecule has 110 valence electrons. The van der Waals surface area contributed by atoms with Gasteiger partial charge >= 0.3 is 0 Å². The number of halogens is 1. The summed E-state index contributed by atoms with van der Waals surface area (Å²) in [5.74, 6) is 0. The Labute approximate surface area is 131 Å². The summed E-state index contributed by atoms with van der Waals surface area (Å²) in [6.45, 7) is 2.00. The summed E-state index contributed by atoms with van der Waals surface area (Å²) in [5.41, 5.74) is 3.13. The van der Waals surface area contributed by atoms with E-state index in [2.05, 4.69) is 28.0 Å². The topological polar surface area (TPSA) is 17.3 Å². The molecule has 1 aliphatic rings. The largest absolute Gasteiger partial charge is 0.351 e. The Morgan fingerprint density at radius 3 is 2.76 bits per heavy atom. The lowest BCUT2D eigenvalue weighted by Gasteiger charge is -2.23. The van der Waals surface area contributed by atoms with E-state index in [1.54, 1.807) is 0 Å². The van der Waals surface area contributed by atoms with Crippen LogP contribution in [0.25, 0.3) is 0 Å². The van der Waals surface area contributed by atoms with Crippen LogP contribution in [0.4, 0.5) is 5.69 Å². The molecule has 1 heterocycles. The highest BCUT2D eigenvalue weighted by Gasteiger charge is 2.14. The minimum absolute atomic E-state index is 0.676. The third kappa shape index (κ3) is 3.56. The molecule has 3 heteroatoms. The molecule has 0 spiro atoms. The number of aryl methyl sites for hydroxylation is 1. The summed E-state index contributed by atoms with van der Waals surface area (Å²) < 4.78 is 2.35. The Hall–Kier alpha value is -1.54. The van der Waals surface area contributed by atoms with Crippen LogP contribution in [0.5, 0.6) is 0 Å². The minimum atomic E-state index is 0.676. The molecular formula is C18H21ClN2. The third-order valence-electron chi connectivity index (χ3n) is 4.25. The van der Waals surface area contributed by atoms with Crippen LogP contribution in [0.2, 0.25) is 5.02 Å². The molecule has 1 aromatic carbocycles. The zero-order chi connectivity index (χ0) is 14.7. The number of hydrogen-bond acceptors (Lipinski definition) is 1. The Balaban J connectivity index is 1.71. The van der Waals surface area contributed by atoms with Crippen molar-refractivity contribution in [3.8, 4) is 0 Å². The van der Waals surface area contributed by atoms with Crippen molar-refractivity contribution in [3.63, 3.8) is 0 Å². The lowest BCUT2D eigenvalue weighted by Crippen LogP contribution is -2.10. The molecular weight excluding hydrogens is 280 g/mol. The number of benzene rings is 1. The average molecular weight is 301 g/mol. The van der Waals surface area contributed by atoms with Gasteiger partial charge in [-0.2, -0.15) is 0 Å². The van der Waals surface area contributed by atoms with E-state index in [4.69, 9.17) is 11.6 Å². The smallest absolute Gasteiger partial charge is 0.0644 e. The van der Waals surface area contributed by atoms with Crippen molar-refractivity contribution in [2.75, 3.05) is 0 Å². The molecule has 0 amide bonds. The fourth-order valence-electron chi connectivity index (χ4n) is 2.92. The van der Waals surface area contributed by atoms with Gasteiger partial charge in [0.2, 0.25) is 0 Å². The van der Waals surface area contributed by atoms with E-state index in [9.17, 15) is 0 Å². The molecule has 0 atom stereocenters. The van der Waals surface area contributed by atoms with Crippen LogP contribution in [0.3, 0.4) is 0 Å². The molecule has 3 rings (SSSR count). The van der Waals surface area contributed by atoms with Gasteiger partial charge in [0, 0.05) is 35.2 Å². The van der Waals surface area contributed by atoms with Gasteiger partial charge in [-0.15, -0.1) is 0 Å². The first kappa shape index (κ1) is 14.4. The van der Waals surface area contributed by atoms with E-state index in [1.165, 1.54) is 32.1 Å². The van der Waals surface area contributed by atoms with Gasteiger partial charge in [0.15, 0.2) is 0 Å². The maximum Gasteiger partial charge on any atom is 0.0644 e. The van der Waals surface area contributed by atoms with E-state index < -0.39 is 0 Å². The van der Waals surface area contributed by atoms with Crippen molar-refractivity contribution in [1.82, 2.24) is 4.57 Å². The lowest BCUT2D eigenvalue weighted by molar-refractivity contribution is 0.354. The molecule has 2 aromatic rings. The third-order valence-corrected chi connectivity index (χ3v) is 4.66. The van der Waals surface area contributed by atoms with Crippen LogP contribution >= 0.6 is 11.6 Å². The molecule has 1 aliphatic carbocycles. The van der Waals surface area contributed by atoms with Gasteiger partial charge in [-0.1, -0.05) is 36.9 Å². The van der Waals surface area contributed by atoms with E-state index in [1.807, 2.05) is 31.3 Å². The van der Waals surface area contributed by atoms with Crippen molar-refractivity contribution in [2.24, 2.45) is 4.99 Å². The zero-order valence-corrected chi connectivity index (χ0v) is 13.2. The van der Waals surface area contributed by atoms with Crippen LogP contribution in [0.1, 0.15) is 49.3 Å². The number of rotatable bonds is 3. The van der Waals surface area contributed by atoms with Gasteiger partial charge in [0.05, 0.1) is 5.69 Å². The highest BCUT2D eigenvalue weighted by molar-refractivity contribution is 6.31. The standard InChI is InChI=1S/C18H21ClN2/c1-14-7-8-16(11-18(14)19)20-12-15-9-10-21(13-15)17-5-3-2-4-6-17/h7-13,17H,2-6H2,1H3. The second-order valence-corrected chi connectivity index (χ2v) is 6.28. The van der Waals surface area contributed by atoms with E-state index >= 15 is 0 Å². The molecule has 0 aliphatic heterocycles. The first-order valence-corrected chi connectivity index (χ1v) is 8.08. The molecule has 21 heavy (non-hydrogen) atoms. The zero-order valence-electron chi connectivity index (χ0n) is 12.4. The van der Waals surface area contributed by atoms with Crippen LogP contribution in [-0.4, -0.2) is 10.8 Å². The van der Waals surface area contributed by atoms with Crippen molar-refractivity contribution < 1.29 is 0 Å². The molecule has 0 bridgehead atoms. The first-order chi connectivity index (χ1) is 10.2. The molecule has 1 fully saturated rings. The number of hydrogen-bond donors (Lipinski definition) is 0. The Kier molecular flexibility index (Phi) is 4.45. The summed E-state index contributed by atoms with van der Waals surface area (Å²) in [4.78, 5) is 4.51. The summed E-state index contributed by atoms with van der Waals surface area (Å²) in [6.07, 6.45) is 13.0. The maximum absolute atomic E-state index is 6.12. The van der Waals surface area contributed by atoms with E-state index in [0.29, 0.717) is 6.04 Å². The highest BCUT2D eigenvalue weighted by Crippen LogP contribution is 2.28. The van der Waals surface area contributed by atoms with E-state index in [-0.39, 0.29) is 0 Å². The van der Waals surface area contributed by atoms with Gasteiger partial charge in [0.25, 0.3) is 0 Å². The highest BCUT2D eigenvalue weighted by atomic mass is 35.5.